The van der Waals surface area contributed by atoms with Crippen molar-refractivity contribution >= 4 is 11.6 Å². The number of hydrogen-bond donors (Lipinski definition) is 1. The van der Waals surface area contributed by atoms with E-state index < -0.39 is 6.10 Å². The predicted octanol–water partition coefficient (Wildman–Crippen LogP) is 3.81. The SMILES string of the molecule is CC[C@@H](Oc1ccccc1C)C(=O)Nc1ccc(OC)cc1OC. The number of carbonyl (C=O) groups is 1. The normalized spacial score (nSPS) is 11.5. The monoisotopic (exact) mass is 329 g/mol. The van der Waals surface area contributed by atoms with Crippen LogP contribution in [0.15, 0.2) is 42.5 Å². The van der Waals surface area contributed by atoms with E-state index in [1.54, 1.807) is 32.4 Å². The lowest BCUT2D eigenvalue weighted by Crippen LogP contribution is -2.32. The zero-order chi connectivity index (χ0) is 17.5. The van der Waals surface area contributed by atoms with Crippen molar-refractivity contribution in [3.05, 3.63) is 48.0 Å². The number of para-hydroxylation sites is 1. The zero-order valence-electron chi connectivity index (χ0n) is 14.5. The maximum Gasteiger partial charge on any atom is 0.265 e. The summed E-state index contributed by atoms with van der Waals surface area (Å²) in [7, 11) is 3.13. The van der Waals surface area contributed by atoms with Gasteiger partial charge in [0.05, 0.1) is 19.9 Å². The molecule has 0 aliphatic rings. The molecule has 0 aliphatic carbocycles. The minimum atomic E-state index is -0.585. The molecule has 5 heteroatoms. The molecule has 0 bridgehead atoms. The molecule has 1 amide bonds. The van der Waals surface area contributed by atoms with Crippen molar-refractivity contribution in [2.75, 3.05) is 19.5 Å². The summed E-state index contributed by atoms with van der Waals surface area (Å²) in [6.07, 6.45) is -0.0311. The molecule has 128 valence electrons. The second kappa shape index (κ2) is 8.24. The van der Waals surface area contributed by atoms with Crippen molar-refractivity contribution in [3.63, 3.8) is 0 Å². The van der Waals surface area contributed by atoms with Crippen LogP contribution in [-0.2, 0) is 4.79 Å². The van der Waals surface area contributed by atoms with Gasteiger partial charge in [0.1, 0.15) is 17.2 Å². The van der Waals surface area contributed by atoms with Crippen molar-refractivity contribution in [1.82, 2.24) is 0 Å². The molecule has 1 atom stereocenters. The number of amides is 1. The highest BCUT2D eigenvalue weighted by Crippen LogP contribution is 2.29. The number of carbonyl (C=O) groups excluding carboxylic acids is 1. The molecule has 2 aromatic rings. The van der Waals surface area contributed by atoms with Crippen LogP contribution in [-0.4, -0.2) is 26.2 Å². The molecule has 2 rings (SSSR count). The first-order chi connectivity index (χ1) is 11.6. The van der Waals surface area contributed by atoms with E-state index in [1.165, 1.54) is 0 Å². The van der Waals surface area contributed by atoms with Crippen LogP contribution >= 0.6 is 0 Å². The fourth-order valence-electron chi connectivity index (χ4n) is 2.28. The van der Waals surface area contributed by atoms with Gasteiger partial charge in [0.25, 0.3) is 5.91 Å². The Kier molecular flexibility index (Phi) is 6.07. The number of nitrogens with one attached hydrogen (secondary N) is 1. The lowest BCUT2D eigenvalue weighted by molar-refractivity contribution is -0.122. The lowest BCUT2D eigenvalue weighted by atomic mass is 10.2. The number of benzene rings is 2. The fourth-order valence-corrected chi connectivity index (χ4v) is 2.28. The Labute approximate surface area is 142 Å². The van der Waals surface area contributed by atoms with Crippen molar-refractivity contribution in [3.8, 4) is 17.2 Å². The van der Waals surface area contributed by atoms with Crippen molar-refractivity contribution in [2.24, 2.45) is 0 Å². The molecule has 0 saturated heterocycles. The summed E-state index contributed by atoms with van der Waals surface area (Å²) in [5.41, 5.74) is 1.57. The first kappa shape index (κ1) is 17.7. The number of ether oxygens (including phenoxy) is 3. The van der Waals surface area contributed by atoms with Crippen LogP contribution in [0, 0.1) is 6.92 Å². The van der Waals surface area contributed by atoms with Gasteiger partial charge in [0, 0.05) is 6.07 Å². The molecule has 0 aliphatic heterocycles. The number of aryl methyl sites for hydroxylation is 1. The topological polar surface area (TPSA) is 56.8 Å². The van der Waals surface area contributed by atoms with Crippen LogP contribution in [0.25, 0.3) is 0 Å². The summed E-state index contributed by atoms with van der Waals surface area (Å²) < 4.78 is 16.3. The van der Waals surface area contributed by atoms with Crippen LogP contribution < -0.4 is 19.5 Å². The molecule has 5 nitrogen and oxygen atoms in total. The van der Waals surface area contributed by atoms with Crippen molar-refractivity contribution in [1.29, 1.82) is 0 Å². The number of hydrogen-bond acceptors (Lipinski definition) is 4. The first-order valence-electron chi connectivity index (χ1n) is 7.84. The van der Waals surface area contributed by atoms with Crippen LogP contribution in [0.2, 0.25) is 0 Å². The van der Waals surface area contributed by atoms with Gasteiger partial charge < -0.3 is 19.5 Å². The highest BCUT2D eigenvalue weighted by Gasteiger charge is 2.20. The zero-order valence-corrected chi connectivity index (χ0v) is 14.5. The third-order valence-corrected chi connectivity index (χ3v) is 3.69. The molecule has 0 unspecified atom stereocenters. The van der Waals surface area contributed by atoms with Crippen molar-refractivity contribution < 1.29 is 19.0 Å². The van der Waals surface area contributed by atoms with Gasteiger partial charge in [0.2, 0.25) is 0 Å². The van der Waals surface area contributed by atoms with Gasteiger partial charge in [0.15, 0.2) is 6.10 Å². The van der Waals surface area contributed by atoms with Gasteiger partial charge in [-0.15, -0.1) is 0 Å². The second-order valence-corrected chi connectivity index (χ2v) is 5.34. The minimum absolute atomic E-state index is 0.218. The van der Waals surface area contributed by atoms with Crippen LogP contribution in [0.4, 0.5) is 5.69 Å². The Bertz CT molecular complexity index is 700. The maximum atomic E-state index is 12.6. The Morgan fingerprint density at radius 2 is 1.83 bits per heavy atom. The first-order valence-corrected chi connectivity index (χ1v) is 7.84. The number of rotatable bonds is 7. The maximum absolute atomic E-state index is 12.6. The van der Waals surface area contributed by atoms with Gasteiger partial charge in [-0.2, -0.15) is 0 Å². The molecule has 24 heavy (non-hydrogen) atoms. The van der Waals surface area contributed by atoms with Gasteiger partial charge in [-0.05, 0) is 37.1 Å². The molecule has 2 aromatic carbocycles. The van der Waals surface area contributed by atoms with Crippen LogP contribution in [0.5, 0.6) is 17.2 Å². The molecule has 0 spiro atoms. The van der Waals surface area contributed by atoms with Gasteiger partial charge in [-0.3, -0.25) is 4.79 Å². The molecule has 0 fully saturated rings. The Hall–Kier alpha value is -2.69. The summed E-state index contributed by atoms with van der Waals surface area (Å²) in [5, 5.41) is 2.86. The smallest absolute Gasteiger partial charge is 0.265 e. The molecule has 0 saturated carbocycles. The molecular weight excluding hydrogens is 306 g/mol. The standard InChI is InChI=1S/C19H23NO4/c1-5-16(24-17-9-7-6-8-13(17)2)19(21)20-15-11-10-14(22-3)12-18(15)23-4/h6-12,16H,5H2,1-4H3,(H,20,21)/t16-/m1/s1. The molecule has 0 heterocycles. The lowest BCUT2D eigenvalue weighted by Gasteiger charge is -2.19. The van der Waals surface area contributed by atoms with E-state index in [4.69, 9.17) is 14.2 Å². The van der Waals surface area contributed by atoms with E-state index in [0.29, 0.717) is 29.4 Å². The Morgan fingerprint density at radius 3 is 2.46 bits per heavy atom. The summed E-state index contributed by atoms with van der Waals surface area (Å²) in [5.74, 6) is 1.69. The van der Waals surface area contributed by atoms with E-state index in [0.717, 1.165) is 5.56 Å². The Balaban J connectivity index is 2.13. The van der Waals surface area contributed by atoms with E-state index in [9.17, 15) is 4.79 Å². The third kappa shape index (κ3) is 4.19. The van der Waals surface area contributed by atoms with E-state index in [1.807, 2.05) is 38.1 Å². The van der Waals surface area contributed by atoms with Gasteiger partial charge in [-0.1, -0.05) is 25.1 Å². The Morgan fingerprint density at radius 1 is 1.08 bits per heavy atom. The van der Waals surface area contributed by atoms with Gasteiger partial charge >= 0.3 is 0 Å². The second-order valence-electron chi connectivity index (χ2n) is 5.34. The highest BCUT2D eigenvalue weighted by atomic mass is 16.5. The summed E-state index contributed by atoms with van der Waals surface area (Å²) >= 11 is 0. The quantitative estimate of drug-likeness (QED) is 0.839. The minimum Gasteiger partial charge on any atom is -0.497 e. The summed E-state index contributed by atoms with van der Waals surface area (Å²) in [4.78, 5) is 12.6. The summed E-state index contributed by atoms with van der Waals surface area (Å²) in [6.45, 7) is 3.86. The molecule has 1 N–H and O–H groups in total. The van der Waals surface area contributed by atoms with Crippen molar-refractivity contribution in [2.45, 2.75) is 26.4 Å². The third-order valence-electron chi connectivity index (χ3n) is 3.69. The average molecular weight is 329 g/mol. The van der Waals surface area contributed by atoms with Crippen LogP contribution in [0.3, 0.4) is 0 Å². The fraction of sp³-hybridized carbons (Fsp3) is 0.316. The van der Waals surface area contributed by atoms with E-state index in [-0.39, 0.29) is 5.91 Å². The predicted molar refractivity (Wildman–Crippen MR) is 94.1 cm³/mol. The summed E-state index contributed by atoms with van der Waals surface area (Å²) in [6, 6.07) is 12.9. The molecular formula is C19H23NO4. The number of methoxy groups -OCH3 is 2. The largest absolute Gasteiger partial charge is 0.497 e. The number of anilines is 1. The highest BCUT2D eigenvalue weighted by molar-refractivity contribution is 5.95. The molecule has 0 radical (unpaired) electrons. The van der Waals surface area contributed by atoms with E-state index in [2.05, 4.69) is 5.32 Å². The van der Waals surface area contributed by atoms with Crippen LogP contribution in [0.1, 0.15) is 18.9 Å². The van der Waals surface area contributed by atoms with E-state index >= 15 is 0 Å². The van der Waals surface area contributed by atoms with Gasteiger partial charge in [-0.25, -0.2) is 0 Å². The molecule has 0 aromatic heterocycles. The average Bonchev–Trinajstić information content (AvgIpc) is 2.61.